The van der Waals surface area contributed by atoms with Crippen molar-refractivity contribution in [2.45, 2.75) is 25.6 Å². The van der Waals surface area contributed by atoms with Crippen LogP contribution in [0.2, 0.25) is 5.02 Å². The maximum absolute atomic E-state index is 12.7. The Labute approximate surface area is 129 Å². The lowest BCUT2D eigenvalue weighted by Crippen LogP contribution is -2.16. The fourth-order valence-corrected chi connectivity index (χ4v) is 1.96. The monoisotopic (exact) mass is 332 g/mol. The van der Waals surface area contributed by atoms with Crippen LogP contribution in [0.5, 0.6) is 0 Å². The first-order valence-electron chi connectivity index (χ1n) is 6.37. The van der Waals surface area contributed by atoms with Gasteiger partial charge >= 0.3 is 6.18 Å². The van der Waals surface area contributed by atoms with E-state index in [1.54, 1.807) is 23.1 Å². The average molecular weight is 333 g/mol. The Morgan fingerprint density at radius 3 is 2.77 bits per heavy atom. The van der Waals surface area contributed by atoms with E-state index in [0.29, 0.717) is 13.0 Å². The van der Waals surface area contributed by atoms with E-state index in [1.165, 1.54) is 6.07 Å². The van der Waals surface area contributed by atoms with Crippen molar-refractivity contribution in [3.63, 3.8) is 0 Å². The number of halogens is 4. The van der Waals surface area contributed by atoms with Gasteiger partial charge in [-0.3, -0.25) is 9.48 Å². The number of amides is 1. The van der Waals surface area contributed by atoms with Gasteiger partial charge in [-0.05, 0) is 24.6 Å². The molecule has 2 aromatic rings. The van der Waals surface area contributed by atoms with Crippen molar-refractivity contribution in [2.75, 3.05) is 5.32 Å². The van der Waals surface area contributed by atoms with Crippen molar-refractivity contribution in [1.82, 2.24) is 14.8 Å². The first-order valence-corrected chi connectivity index (χ1v) is 6.75. The highest BCUT2D eigenvalue weighted by atomic mass is 35.5. The van der Waals surface area contributed by atoms with E-state index in [9.17, 15) is 18.0 Å². The van der Waals surface area contributed by atoms with Crippen LogP contribution in [0.15, 0.2) is 30.6 Å². The summed E-state index contributed by atoms with van der Waals surface area (Å²) < 4.78 is 39.6. The molecule has 0 radical (unpaired) electrons. The molecule has 0 atom stereocenters. The van der Waals surface area contributed by atoms with Gasteiger partial charge in [0.15, 0.2) is 5.69 Å². The molecule has 22 heavy (non-hydrogen) atoms. The van der Waals surface area contributed by atoms with E-state index >= 15 is 0 Å². The smallest absolute Gasteiger partial charge is 0.311 e. The summed E-state index contributed by atoms with van der Waals surface area (Å²) in [6.07, 6.45) is -0.638. The molecule has 0 aliphatic carbocycles. The number of pyridine rings is 1. The van der Waals surface area contributed by atoms with Crippen LogP contribution in [-0.2, 0) is 17.5 Å². The maximum Gasteiger partial charge on any atom is 0.434 e. The molecule has 0 aliphatic rings. The number of nitrogens with zero attached hydrogens (tertiary/aromatic N) is 3. The summed E-state index contributed by atoms with van der Waals surface area (Å²) in [6, 6.07) is 4.04. The van der Waals surface area contributed by atoms with Crippen molar-refractivity contribution in [3.05, 3.63) is 41.3 Å². The Balaban J connectivity index is 1.91. The average Bonchev–Trinajstić information content (AvgIpc) is 2.93. The third-order valence-corrected chi connectivity index (χ3v) is 3.04. The number of aromatic nitrogens is 3. The second kappa shape index (κ2) is 6.78. The van der Waals surface area contributed by atoms with Crippen LogP contribution in [0.1, 0.15) is 18.5 Å². The van der Waals surface area contributed by atoms with Gasteiger partial charge in [0, 0.05) is 25.4 Å². The lowest BCUT2D eigenvalue weighted by atomic mass is 10.3. The molecule has 0 saturated heterocycles. The number of carbonyl (C=O) groups is 1. The fraction of sp³-hybridized carbons (Fsp3) is 0.308. The van der Waals surface area contributed by atoms with Crippen LogP contribution in [0.3, 0.4) is 0 Å². The van der Waals surface area contributed by atoms with Gasteiger partial charge in [-0.2, -0.15) is 18.3 Å². The molecule has 2 rings (SSSR count). The van der Waals surface area contributed by atoms with E-state index in [2.05, 4.69) is 15.4 Å². The van der Waals surface area contributed by atoms with Gasteiger partial charge in [0.1, 0.15) is 5.82 Å². The van der Waals surface area contributed by atoms with Gasteiger partial charge in [0.2, 0.25) is 5.91 Å². The molecule has 0 spiro atoms. The highest BCUT2D eigenvalue weighted by molar-refractivity contribution is 6.31. The van der Waals surface area contributed by atoms with E-state index < -0.39 is 22.8 Å². The summed E-state index contributed by atoms with van der Waals surface area (Å²) in [5.74, 6) is -0.601. The molecule has 1 N–H and O–H groups in total. The van der Waals surface area contributed by atoms with Gasteiger partial charge in [0.05, 0.1) is 5.02 Å². The van der Waals surface area contributed by atoms with Gasteiger partial charge in [-0.1, -0.05) is 11.6 Å². The summed E-state index contributed by atoms with van der Waals surface area (Å²) in [5, 5.41) is 5.79. The second-order valence-electron chi connectivity index (χ2n) is 4.45. The zero-order valence-electron chi connectivity index (χ0n) is 11.3. The number of rotatable bonds is 5. The largest absolute Gasteiger partial charge is 0.434 e. The lowest BCUT2D eigenvalue weighted by molar-refractivity contribution is -0.141. The van der Waals surface area contributed by atoms with Crippen molar-refractivity contribution >= 4 is 23.3 Å². The topological polar surface area (TPSA) is 59.8 Å². The molecule has 0 bridgehead atoms. The number of nitrogens with one attached hydrogen (secondary N) is 1. The maximum atomic E-state index is 12.7. The van der Waals surface area contributed by atoms with E-state index in [0.717, 1.165) is 6.07 Å². The third-order valence-electron chi connectivity index (χ3n) is 2.73. The summed E-state index contributed by atoms with van der Waals surface area (Å²) in [6.45, 7) is 0.544. The molecule has 2 heterocycles. The molecule has 0 unspecified atom stereocenters. The SMILES string of the molecule is O=C(CCCn1cccn1)Nc1ccc(Cl)c(C(F)(F)F)n1. The standard InChI is InChI=1S/C13H12ClF3N4O/c14-9-4-5-10(20-12(9)13(15,16)17)19-11(22)3-1-7-21-8-2-6-18-21/h2,4-6,8H,1,3,7H2,(H,19,20,22). The molecule has 0 fully saturated rings. The summed E-state index contributed by atoms with van der Waals surface area (Å²) in [7, 11) is 0. The van der Waals surface area contributed by atoms with Crippen LogP contribution in [0.4, 0.5) is 19.0 Å². The zero-order valence-corrected chi connectivity index (χ0v) is 12.0. The first-order chi connectivity index (χ1) is 10.4. The predicted molar refractivity (Wildman–Crippen MR) is 74.3 cm³/mol. The Hall–Kier alpha value is -2.09. The zero-order chi connectivity index (χ0) is 16.2. The minimum absolute atomic E-state index is 0.144. The van der Waals surface area contributed by atoms with Crippen molar-refractivity contribution in [2.24, 2.45) is 0 Å². The van der Waals surface area contributed by atoms with Crippen LogP contribution in [-0.4, -0.2) is 20.7 Å². The Morgan fingerprint density at radius 2 is 2.14 bits per heavy atom. The van der Waals surface area contributed by atoms with E-state index in [1.807, 2.05) is 0 Å². The van der Waals surface area contributed by atoms with Gasteiger partial charge in [-0.15, -0.1) is 0 Å². The highest BCUT2D eigenvalue weighted by Crippen LogP contribution is 2.33. The number of alkyl halides is 3. The lowest BCUT2D eigenvalue weighted by Gasteiger charge is -2.10. The van der Waals surface area contributed by atoms with Crippen molar-refractivity contribution in [1.29, 1.82) is 0 Å². The minimum Gasteiger partial charge on any atom is -0.311 e. The summed E-state index contributed by atoms with van der Waals surface area (Å²) >= 11 is 5.45. The van der Waals surface area contributed by atoms with E-state index in [-0.39, 0.29) is 12.2 Å². The van der Waals surface area contributed by atoms with Gasteiger partial charge in [-0.25, -0.2) is 4.98 Å². The Morgan fingerprint density at radius 1 is 1.36 bits per heavy atom. The predicted octanol–water partition coefficient (Wildman–Crippen LogP) is 3.37. The molecule has 1 amide bonds. The quantitative estimate of drug-likeness (QED) is 0.913. The fourth-order valence-electron chi connectivity index (χ4n) is 1.75. The molecule has 0 aliphatic heterocycles. The first kappa shape index (κ1) is 16.3. The van der Waals surface area contributed by atoms with Gasteiger partial charge in [0.25, 0.3) is 0 Å². The second-order valence-corrected chi connectivity index (χ2v) is 4.85. The molecular formula is C13H12ClF3N4O. The summed E-state index contributed by atoms with van der Waals surface area (Å²) in [5.41, 5.74) is -1.22. The Kier molecular flexibility index (Phi) is 5.02. The molecule has 0 aromatic carbocycles. The molecule has 9 heteroatoms. The molecule has 118 valence electrons. The number of anilines is 1. The third kappa shape index (κ3) is 4.45. The van der Waals surface area contributed by atoms with E-state index in [4.69, 9.17) is 11.6 Å². The van der Waals surface area contributed by atoms with Crippen molar-refractivity contribution < 1.29 is 18.0 Å². The number of aryl methyl sites for hydroxylation is 1. The highest BCUT2D eigenvalue weighted by Gasteiger charge is 2.35. The number of hydrogen-bond acceptors (Lipinski definition) is 3. The minimum atomic E-state index is -4.67. The van der Waals surface area contributed by atoms with Crippen LogP contribution in [0.25, 0.3) is 0 Å². The number of hydrogen-bond donors (Lipinski definition) is 1. The Bertz CT molecular complexity index is 643. The molecular weight excluding hydrogens is 321 g/mol. The van der Waals surface area contributed by atoms with Crippen LogP contribution < -0.4 is 5.32 Å². The number of carbonyl (C=O) groups excluding carboxylic acids is 1. The molecule has 5 nitrogen and oxygen atoms in total. The normalized spacial score (nSPS) is 11.5. The summed E-state index contributed by atoms with van der Waals surface area (Å²) in [4.78, 5) is 15.0. The van der Waals surface area contributed by atoms with Crippen LogP contribution in [0, 0.1) is 0 Å². The van der Waals surface area contributed by atoms with Gasteiger partial charge < -0.3 is 5.32 Å². The van der Waals surface area contributed by atoms with Crippen LogP contribution >= 0.6 is 11.6 Å². The molecule has 2 aromatic heterocycles. The van der Waals surface area contributed by atoms with Crippen molar-refractivity contribution in [3.8, 4) is 0 Å². The molecule has 0 saturated carbocycles.